The Hall–Kier alpha value is -3.03. The summed E-state index contributed by atoms with van der Waals surface area (Å²) >= 11 is 0. The number of ether oxygens (including phenoxy) is 1. The number of amides is 1. The third-order valence-corrected chi connectivity index (χ3v) is 4.75. The Kier molecular flexibility index (Phi) is 7.86. The molecule has 0 aliphatic carbocycles. The van der Waals surface area contributed by atoms with Crippen molar-refractivity contribution in [3.63, 3.8) is 0 Å². The van der Waals surface area contributed by atoms with E-state index in [-0.39, 0.29) is 25.2 Å². The van der Waals surface area contributed by atoms with Gasteiger partial charge in [0.2, 0.25) is 5.91 Å². The van der Waals surface area contributed by atoms with Crippen molar-refractivity contribution in [1.82, 2.24) is 4.90 Å². The van der Waals surface area contributed by atoms with Crippen LogP contribution in [0.3, 0.4) is 0 Å². The molecule has 2 rings (SSSR count). The highest BCUT2D eigenvalue weighted by atomic mass is 19.4. The van der Waals surface area contributed by atoms with Crippen LogP contribution in [0.15, 0.2) is 42.5 Å². The second-order valence-electron chi connectivity index (χ2n) is 6.91. The average Bonchev–Trinajstić information content (AvgIpc) is 2.70. The van der Waals surface area contributed by atoms with Crippen molar-refractivity contribution in [2.24, 2.45) is 0 Å². The van der Waals surface area contributed by atoms with E-state index < -0.39 is 17.7 Å². The number of aliphatic carboxylic acids is 1. The van der Waals surface area contributed by atoms with Crippen LogP contribution in [0, 0.1) is 0 Å². The van der Waals surface area contributed by atoms with E-state index in [9.17, 15) is 22.8 Å². The van der Waals surface area contributed by atoms with Crippen molar-refractivity contribution in [2.45, 2.75) is 31.9 Å². The number of hydrogen-bond donors (Lipinski definition) is 1. The first-order chi connectivity index (χ1) is 14.1. The molecule has 1 N–H and O–H groups in total. The molecule has 0 radical (unpaired) electrons. The van der Waals surface area contributed by atoms with Gasteiger partial charge in [0, 0.05) is 26.4 Å². The second-order valence-corrected chi connectivity index (χ2v) is 6.91. The highest BCUT2D eigenvalue weighted by molar-refractivity contribution is 5.76. The molecule has 0 unspecified atom stereocenters. The highest BCUT2D eigenvalue weighted by Crippen LogP contribution is 2.32. The van der Waals surface area contributed by atoms with Gasteiger partial charge in [-0.2, -0.15) is 13.2 Å². The fourth-order valence-corrected chi connectivity index (χ4v) is 3.00. The monoisotopic (exact) mass is 423 g/mol. The summed E-state index contributed by atoms with van der Waals surface area (Å²) in [5, 5.41) is 8.66. The molecule has 0 fully saturated rings. The van der Waals surface area contributed by atoms with E-state index in [1.807, 2.05) is 6.07 Å². The van der Waals surface area contributed by atoms with Gasteiger partial charge in [-0.25, -0.2) is 0 Å². The summed E-state index contributed by atoms with van der Waals surface area (Å²) in [7, 11) is 3.17. The molecule has 0 heterocycles. The van der Waals surface area contributed by atoms with Crippen molar-refractivity contribution in [2.75, 3.05) is 20.7 Å². The number of alkyl halides is 3. The Morgan fingerprint density at radius 3 is 2.23 bits per heavy atom. The number of hydrogen-bond acceptors (Lipinski definition) is 3. The van der Waals surface area contributed by atoms with Gasteiger partial charge in [-0.1, -0.05) is 18.2 Å². The zero-order chi connectivity index (χ0) is 22.3. The molecule has 1 amide bonds. The number of methoxy groups -OCH3 is 1. The lowest BCUT2D eigenvalue weighted by molar-refractivity contribution is -0.138. The lowest BCUT2D eigenvalue weighted by atomic mass is 9.99. The summed E-state index contributed by atoms with van der Waals surface area (Å²) < 4.78 is 43.7. The number of carbonyl (C=O) groups excluding carboxylic acids is 1. The summed E-state index contributed by atoms with van der Waals surface area (Å²) in [6.45, 7) is 0.402. The van der Waals surface area contributed by atoms with Gasteiger partial charge in [0.25, 0.3) is 0 Å². The molecule has 2 aromatic rings. The van der Waals surface area contributed by atoms with Crippen LogP contribution in [-0.2, 0) is 22.2 Å². The van der Waals surface area contributed by atoms with Crippen LogP contribution >= 0.6 is 0 Å². The summed E-state index contributed by atoms with van der Waals surface area (Å²) in [6.07, 6.45) is -3.51. The third kappa shape index (κ3) is 6.50. The minimum atomic E-state index is -4.38. The van der Waals surface area contributed by atoms with E-state index in [2.05, 4.69) is 0 Å². The lowest BCUT2D eigenvalue weighted by Crippen LogP contribution is -2.28. The summed E-state index contributed by atoms with van der Waals surface area (Å²) in [5.41, 5.74) is 1.50. The van der Waals surface area contributed by atoms with Crippen LogP contribution < -0.4 is 4.74 Å². The molecule has 0 saturated carbocycles. The second kappa shape index (κ2) is 10.1. The molecular weight excluding hydrogens is 399 g/mol. The number of carboxylic acid groups (broad SMARTS) is 1. The normalized spacial score (nSPS) is 11.2. The van der Waals surface area contributed by atoms with Crippen molar-refractivity contribution in [3.05, 3.63) is 53.6 Å². The molecule has 162 valence electrons. The van der Waals surface area contributed by atoms with Crippen molar-refractivity contribution < 1.29 is 32.6 Å². The summed E-state index contributed by atoms with van der Waals surface area (Å²) in [6, 6.07) is 10.3. The van der Waals surface area contributed by atoms with Crippen LogP contribution in [-0.4, -0.2) is 42.6 Å². The van der Waals surface area contributed by atoms with Crippen molar-refractivity contribution in [1.29, 1.82) is 0 Å². The van der Waals surface area contributed by atoms with E-state index in [4.69, 9.17) is 9.84 Å². The van der Waals surface area contributed by atoms with E-state index in [1.165, 1.54) is 24.1 Å². The van der Waals surface area contributed by atoms with Gasteiger partial charge < -0.3 is 14.7 Å². The zero-order valence-corrected chi connectivity index (χ0v) is 16.8. The molecule has 0 saturated heterocycles. The topological polar surface area (TPSA) is 66.8 Å². The molecule has 0 aromatic heterocycles. The third-order valence-electron chi connectivity index (χ3n) is 4.75. The highest BCUT2D eigenvalue weighted by Gasteiger charge is 2.30. The van der Waals surface area contributed by atoms with E-state index in [0.717, 1.165) is 23.3 Å². The van der Waals surface area contributed by atoms with Crippen molar-refractivity contribution >= 4 is 11.9 Å². The molecule has 8 heteroatoms. The fraction of sp³-hybridized carbons (Fsp3) is 0.364. The fourth-order valence-electron chi connectivity index (χ4n) is 3.00. The van der Waals surface area contributed by atoms with Gasteiger partial charge in [-0.05, 0) is 53.8 Å². The molecule has 5 nitrogen and oxygen atoms in total. The summed E-state index contributed by atoms with van der Waals surface area (Å²) in [4.78, 5) is 24.2. The number of likely N-dealkylation sites (N-methyl/N-ethyl adjacent to an activating group) is 1. The van der Waals surface area contributed by atoms with Crippen LogP contribution in [0.1, 0.15) is 30.4 Å². The number of carbonyl (C=O) groups is 2. The molecule has 0 spiro atoms. The Bertz CT molecular complexity index is 879. The lowest BCUT2D eigenvalue weighted by Gasteiger charge is -2.18. The van der Waals surface area contributed by atoms with Crippen LogP contribution in [0.5, 0.6) is 5.75 Å². The minimum Gasteiger partial charge on any atom is -0.496 e. The number of rotatable bonds is 9. The van der Waals surface area contributed by atoms with Gasteiger partial charge in [-0.3, -0.25) is 9.59 Å². The first kappa shape index (κ1) is 23.3. The van der Waals surface area contributed by atoms with E-state index in [0.29, 0.717) is 24.3 Å². The van der Waals surface area contributed by atoms with Gasteiger partial charge in [-0.15, -0.1) is 0 Å². The maximum atomic E-state index is 12.8. The molecular formula is C22H24F3NO4. The zero-order valence-electron chi connectivity index (χ0n) is 16.8. The predicted octanol–water partition coefficient (Wildman–Crippen LogP) is 4.64. The van der Waals surface area contributed by atoms with Gasteiger partial charge in [0.15, 0.2) is 0 Å². The number of benzene rings is 2. The Morgan fingerprint density at radius 2 is 1.67 bits per heavy atom. The van der Waals surface area contributed by atoms with Crippen molar-refractivity contribution in [3.8, 4) is 16.9 Å². The predicted molar refractivity (Wildman–Crippen MR) is 106 cm³/mol. The Labute approximate surface area is 173 Å². The molecule has 2 aromatic carbocycles. The molecule has 0 aliphatic rings. The maximum absolute atomic E-state index is 12.8. The first-order valence-electron chi connectivity index (χ1n) is 9.42. The SMILES string of the molecule is COc1ccc(-c2ccc(C(F)(F)F)cc2)cc1CCN(C)C(=O)CCCC(=O)O. The average molecular weight is 423 g/mol. The van der Waals surface area contributed by atoms with E-state index >= 15 is 0 Å². The number of carboxylic acids is 1. The molecule has 0 bridgehead atoms. The van der Waals surface area contributed by atoms with Gasteiger partial charge in [0.1, 0.15) is 5.75 Å². The smallest absolute Gasteiger partial charge is 0.416 e. The Morgan fingerprint density at radius 1 is 1.03 bits per heavy atom. The van der Waals surface area contributed by atoms with Gasteiger partial charge in [0.05, 0.1) is 12.7 Å². The summed E-state index contributed by atoms with van der Waals surface area (Å²) in [5.74, 6) is -0.457. The van der Waals surface area contributed by atoms with Crippen LogP contribution in [0.2, 0.25) is 0 Å². The Balaban J connectivity index is 2.09. The minimum absolute atomic E-state index is 0.0530. The number of nitrogens with zero attached hydrogens (tertiary/aromatic N) is 1. The van der Waals surface area contributed by atoms with E-state index in [1.54, 1.807) is 19.2 Å². The van der Waals surface area contributed by atoms with Crippen LogP contribution in [0.25, 0.3) is 11.1 Å². The number of halogens is 3. The standard InChI is InChI=1S/C22H24F3NO4/c1-26(20(27)4-3-5-21(28)29)13-12-17-14-16(8-11-19(17)30-2)15-6-9-18(10-7-15)22(23,24)25/h6-11,14H,3-5,12-13H2,1-2H3,(H,28,29). The largest absolute Gasteiger partial charge is 0.496 e. The van der Waals surface area contributed by atoms with Crippen LogP contribution in [0.4, 0.5) is 13.2 Å². The molecule has 0 aliphatic heterocycles. The van der Waals surface area contributed by atoms with Gasteiger partial charge >= 0.3 is 12.1 Å². The first-order valence-corrected chi connectivity index (χ1v) is 9.42. The maximum Gasteiger partial charge on any atom is 0.416 e. The molecule has 0 atom stereocenters. The molecule has 30 heavy (non-hydrogen) atoms. The quantitative estimate of drug-likeness (QED) is 0.638.